The quantitative estimate of drug-likeness (QED) is 0.603. The van der Waals surface area contributed by atoms with Crippen LogP contribution in [0, 0.1) is 0 Å². The van der Waals surface area contributed by atoms with Crippen molar-refractivity contribution in [3.63, 3.8) is 0 Å². The van der Waals surface area contributed by atoms with Crippen molar-refractivity contribution >= 4 is 0 Å². The minimum atomic E-state index is -1.05. The monoisotopic (exact) mass is 260 g/mol. The van der Waals surface area contributed by atoms with Crippen LogP contribution in [0.3, 0.4) is 0 Å². The van der Waals surface area contributed by atoms with Crippen LogP contribution in [0.5, 0.6) is 0 Å². The van der Waals surface area contributed by atoms with Crippen molar-refractivity contribution < 1.29 is 8.96 Å². The van der Waals surface area contributed by atoms with Gasteiger partial charge in [0.15, 0.2) is 0 Å². The third-order valence-corrected chi connectivity index (χ3v) is 1.56. The Hall–Kier alpha value is -2.78. The Morgan fingerprint density at radius 3 is 1.33 bits per heavy atom. The normalized spacial score (nSPS) is 9.44. The average Bonchev–Trinajstić information content (AvgIpc) is 2.30. The maximum absolute atomic E-state index is 11.9. The lowest BCUT2D eigenvalue weighted by molar-refractivity contribution is 0.343. The fraction of sp³-hybridized carbons (Fsp3) is 0. The number of nitrogens with one attached hydrogen (secondary N) is 2. The van der Waals surface area contributed by atoms with Gasteiger partial charge in [-0.15, -0.1) is 9.58 Å². The lowest BCUT2D eigenvalue weighted by atomic mass is 10.7. The number of hydrogen-bond donors (Lipinski definition) is 2. The van der Waals surface area contributed by atoms with Gasteiger partial charge in [-0.2, -0.15) is 0 Å². The molecule has 2 N–H and O–H groups in total. The van der Waals surface area contributed by atoms with Gasteiger partial charge >= 0.3 is 11.4 Å². The summed E-state index contributed by atoms with van der Waals surface area (Å²) in [6.45, 7) is 0. The molecule has 0 spiro atoms. The molecule has 2 aromatic heterocycles. The third-order valence-electron chi connectivity index (χ3n) is 1.56. The molecule has 2 heterocycles. The van der Waals surface area contributed by atoms with Gasteiger partial charge in [0.25, 0.3) is 11.1 Å². The number of halogens is 2. The van der Waals surface area contributed by atoms with Crippen LogP contribution >= 0.6 is 0 Å². The van der Waals surface area contributed by atoms with E-state index in [9.17, 15) is 28.1 Å². The SMILES string of the molecule is O=c1ccn(F)c(=O)[nH]1.O=c1ccn(F)c(=O)[nH]1. The first-order chi connectivity index (χ1) is 8.40. The molecule has 0 saturated heterocycles. The van der Waals surface area contributed by atoms with Gasteiger partial charge in [-0.05, 0) is 0 Å². The summed E-state index contributed by atoms with van der Waals surface area (Å²) in [6.07, 6.45) is 1.50. The highest BCUT2D eigenvalue weighted by molar-refractivity contribution is 4.80. The molecule has 0 atom stereocenters. The van der Waals surface area contributed by atoms with Gasteiger partial charge in [0.1, 0.15) is 0 Å². The Labute approximate surface area is 95.6 Å². The van der Waals surface area contributed by atoms with Crippen LogP contribution in [0.4, 0.5) is 8.96 Å². The fourth-order valence-electron chi connectivity index (χ4n) is 0.803. The molecular weight excluding hydrogens is 254 g/mol. The highest BCUT2D eigenvalue weighted by Gasteiger charge is 1.90. The van der Waals surface area contributed by atoms with E-state index < -0.39 is 22.5 Å². The van der Waals surface area contributed by atoms with Crippen LogP contribution in [0.25, 0.3) is 0 Å². The number of aromatic amines is 2. The third kappa shape index (κ3) is 3.66. The molecule has 0 aliphatic heterocycles. The molecule has 0 bridgehead atoms. The van der Waals surface area contributed by atoms with Crippen LogP contribution < -0.4 is 22.5 Å². The first-order valence-electron chi connectivity index (χ1n) is 4.36. The Morgan fingerprint density at radius 2 is 1.11 bits per heavy atom. The van der Waals surface area contributed by atoms with E-state index >= 15 is 0 Å². The number of rotatable bonds is 0. The van der Waals surface area contributed by atoms with Gasteiger partial charge < -0.3 is 0 Å². The van der Waals surface area contributed by atoms with Gasteiger partial charge in [0, 0.05) is 24.5 Å². The van der Waals surface area contributed by atoms with Gasteiger partial charge in [0.2, 0.25) is 0 Å². The molecule has 2 rings (SSSR count). The van der Waals surface area contributed by atoms with Crippen LogP contribution in [0.15, 0.2) is 43.7 Å². The minimum Gasteiger partial charge on any atom is -0.272 e. The molecule has 96 valence electrons. The molecule has 0 fully saturated rings. The highest BCUT2D eigenvalue weighted by atomic mass is 19.2. The summed E-state index contributed by atoms with van der Waals surface area (Å²) < 4.78 is 23.9. The number of aromatic nitrogens is 4. The topological polar surface area (TPSA) is 110 Å². The maximum Gasteiger partial charge on any atom is 0.356 e. The average molecular weight is 260 g/mol. The summed E-state index contributed by atoms with van der Waals surface area (Å²) >= 11 is 0. The predicted octanol–water partition coefficient (Wildman–Crippen LogP) is -1.46. The standard InChI is InChI=1S/2C4H3FN2O2/c2*5-7-2-1-3(8)6-4(7)9/h2*1-2H,(H,6,8,9). The zero-order chi connectivity index (χ0) is 13.7. The molecule has 0 aliphatic carbocycles. The predicted molar refractivity (Wildman–Crippen MR) is 55.7 cm³/mol. The Bertz CT molecular complexity index is 691. The Balaban J connectivity index is 0.000000180. The van der Waals surface area contributed by atoms with Crippen LogP contribution in [-0.2, 0) is 0 Å². The Morgan fingerprint density at radius 1 is 0.778 bits per heavy atom. The molecule has 10 heteroatoms. The van der Waals surface area contributed by atoms with E-state index in [0.29, 0.717) is 0 Å². The molecule has 0 saturated carbocycles. The van der Waals surface area contributed by atoms with E-state index in [1.807, 2.05) is 0 Å². The molecule has 18 heavy (non-hydrogen) atoms. The number of H-pyrrole nitrogens is 2. The molecule has 0 aromatic carbocycles. The number of hydrogen-bond acceptors (Lipinski definition) is 4. The fourth-order valence-corrected chi connectivity index (χ4v) is 0.803. The second-order valence-corrected chi connectivity index (χ2v) is 2.84. The second-order valence-electron chi connectivity index (χ2n) is 2.84. The molecule has 0 radical (unpaired) electrons. The van der Waals surface area contributed by atoms with Crippen molar-refractivity contribution in [3.05, 3.63) is 66.2 Å². The lowest BCUT2D eigenvalue weighted by Gasteiger charge is -1.84. The first-order valence-corrected chi connectivity index (χ1v) is 4.36. The van der Waals surface area contributed by atoms with Gasteiger partial charge in [-0.1, -0.05) is 8.96 Å². The largest absolute Gasteiger partial charge is 0.356 e. The first kappa shape index (κ1) is 13.3. The van der Waals surface area contributed by atoms with Crippen molar-refractivity contribution in [3.8, 4) is 0 Å². The van der Waals surface area contributed by atoms with Gasteiger partial charge in [-0.3, -0.25) is 19.6 Å². The van der Waals surface area contributed by atoms with Gasteiger partial charge in [-0.25, -0.2) is 9.59 Å². The molecular formula is C8H6F2N4O4. The summed E-state index contributed by atoms with van der Waals surface area (Å²) in [6, 6.07) is 1.84. The molecule has 2 aromatic rings. The molecule has 0 amide bonds. The highest BCUT2D eigenvalue weighted by Crippen LogP contribution is 1.68. The number of nitrogens with zero attached hydrogens (tertiary/aromatic N) is 2. The van der Waals surface area contributed by atoms with Gasteiger partial charge in [0.05, 0.1) is 0 Å². The summed E-state index contributed by atoms with van der Waals surface area (Å²) in [7, 11) is 0. The lowest BCUT2D eigenvalue weighted by Crippen LogP contribution is -2.24. The molecule has 8 nitrogen and oxygen atoms in total. The van der Waals surface area contributed by atoms with Crippen LogP contribution in [-0.4, -0.2) is 19.5 Å². The van der Waals surface area contributed by atoms with Crippen molar-refractivity contribution in [1.82, 2.24) is 19.5 Å². The van der Waals surface area contributed by atoms with E-state index in [4.69, 9.17) is 0 Å². The van der Waals surface area contributed by atoms with E-state index in [-0.39, 0.29) is 9.58 Å². The van der Waals surface area contributed by atoms with Crippen molar-refractivity contribution in [2.45, 2.75) is 0 Å². The van der Waals surface area contributed by atoms with E-state index in [1.54, 1.807) is 9.97 Å². The van der Waals surface area contributed by atoms with E-state index in [2.05, 4.69) is 0 Å². The zero-order valence-electron chi connectivity index (χ0n) is 8.59. The molecule has 0 aliphatic rings. The van der Waals surface area contributed by atoms with Crippen molar-refractivity contribution in [2.75, 3.05) is 0 Å². The smallest absolute Gasteiger partial charge is 0.272 e. The summed E-state index contributed by atoms with van der Waals surface area (Å²) in [5, 5.41) is 0. The summed E-state index contributed by atoms with van der Waals surface area (Å²) in [5.41, 5.74) is -3.31. The van der Waals surface area contributed by atoms with E-state index in [0.717, 1.165) is 24.5 Å². The zero-order valence-corrected chi connectivity index (χ0v) is 8.59. The van der Waals surface area contributed by atoms with Crippen LogP contribution in [0.2, 0.25) is 0 Å². The minimum absolute atomic E-state index is 0.207. The van der Waals surface area contributed by atoms with E-state index in [1.165, 1.54) is 0 Å². The summed E-state index contributed by atoms with van der Waals surface area (Å²) in [5.74, 6) is 0. The Kier molecular flexibility index (Phi) is 4.07. The maximum atomic E-state index is 11.9. The second kappa shape index (κ2) is 5.52. The van der Waals surface area contributed by atoms with Crippen molar-refractivity contribution in [2.24, 2.45) is 0 Å². The van der Waals surface area contributed by atoms with Crippen molar-refractivity contribution in [1.29, 1.82) is 0 Å². The molecule has 0 unspecified atom stereocenters. The summed E-state index contributed by atoms with van der Waals surface area (Å²) in [4.78, 5) is 43.8. The van der Waals surface area contributed by atoms with Crippen LogP contribution in [0.1, 0.15) is 0 Å².